The maximum atomic E-state index is 10.9. The van der Waals surface area contributed by atoms with E-state index in [9.17, 15) is 9.59 Å². The summed E-state index contributed by atoms with van der Waals surface area (Å²) in [4.78, 5) is 25.8. The third kappa shape index (κ3) is 1.56. The standard InChI is InChI=1S/C6H9N3O2/c1-3(7)4-2-8-6(11)9-5(4)10/h2-3H,7H2,1H3,(H2,8,9,10,11). The molecule has 0 amide bonds. The van der Waals surface area contributed by atoms with Gasteiger partial charge in [-0.15, -0.1) is 0 Å². The predicted molar refractivity (Wildman–Crippen MR) is 40.3 cm³/mol. The molecule has 1 atom stereocenters. The van der Waals surface area contributed by atoms with Gasteiger partial charge in [0.15, 0.2) is 0 Å². The minimum atomic E-state index is -0.514. The molecule has 0 fully saturated rings. The van der Waals surface area contributed by atoms with Crippen molar-refractivity contribution < 1.29 is 0 Å². The fourth-order valence-electron chi connectivity index (χ4n) is 0.758. The number of aromatic amines is 2. The van der Waals surface area contributed by atoms with Crippen molar-refractivity contribution in [2.24, 2.45) is 5.73 Å². The van der Waals surface area contributed by atoms with Crippen LogP contribution in [0.3, 0.4) is 0 Å². The summed E-state index contributed by atoms with van der Waals surface area (Å²) in [6, 6.07) is -0.365. The summed E-state index contributed by atoms with van der Waals surface area (Å²) in [7, 11) is 0. The van der Waals surface area contributed by atoms with Gasteiger partial charge in [0.25, 0.3) is 5.56 Å². The van der Waals surface area contributed by atoms with E-state index in [0.717, 1.165) is 0 Å². The third-order valence-corrected chi connectivity index (χ3v) is 1.34. The zero-order chi connectivity index (χ0) is 8.43. The van der Waals surface area contributed by atoms with Gasteiger partial charge in [0.05, 0.1) is 0 Å². The van der Waals surface area contributed by atoms with Crippen LogP contribution in [-0.2, 0) is 0 Å². The number of H-pyrrole nitrogens is 2. The van der Waals surface area contributed by atoms with Crippen molar-refractivity contribution in [1.82, 2.24) is 9.97 Å². The summed E-state index contributed by atoms with van der Waals surface area (Å²) in [5.74, 6) is 0. The number of rotatable bonds is 1. The summed E-state index contributed by atoms with van der Waals surface area (Å²) in [5.41, 5.74) is 4.86. The Morgan fingerprint density at radius 3 is 2.64 bits per heavy atom. The summed E-state index contributed by atoms with van der Waals surface area (Å²) < 4.78 is 0. The van der Waals surface area contributed by atoms with E-state index in [1.54, 1.807) is 6.92 Å². The van der Waals surface area contributed by atoms with Crippen LogP contribution in [-0.4, -0.2) is 9.97 Å². The summed E-state index contributed by atoms with van der Waals surface area (Å²) in [6.45, 7) is 1.67. The fourth-order valence-corrected chi connectivity index (χ4v) is 0.758. The second kappa shape index (κ2) is 2.71. The van der Waals surface area contributed by atoms with E-state index in [4.69, 9.17) is 5.73 Å². The summed E-state index contributed by atoms with van der Waals surface area (Å²) >= 11 is 0. The van der Waals surface area contributed by atoms with Gasteiger partial charge in [0.1, 0.15) is 0 Å². The Kier molecular flexibility index (Phi) is 1.91. The van der Waals surface area contributed by atoms with Crippen molar-refractivity contribution >= 4 is 0 Å². The Hall–Kier alpha value is -1.36. The van der Waals surface area contributed by atoms with Gasteiger partial charge in [-0.3, -0.25) is 9.78 Å². The van der Waals surface area contributed by atoms with Gasteiger partial charge in [0.2, 0.25) is 0 Å². The van der Waals surface area contributed by atoms with Crippen molar-refractivity contribution in [3.63, 3.8) is 0 Å². The fraction of sp³-hybridized carbons (Fsp3) is 0.333. The van der Waals surface area contributed by atoms with Gasteiger partial charge in [-0.2, -0.15) is 0 Å². The molecule has 0 aromatic carbocycles. The normalized spacial score (nSPS) is 12.9. The average molecular weight is 155 g/mol. The van der Waals surface area contributed by atoms with Crippen molar-refractivity contribution in [1.29, 1.82) is 0 Å². The van der Waals surface area contributed by atoms with Gasteiger partial charge in [-0.1, -0.05) is 0 Å². The summed E-state index contributed by atoms with van der Waals surface area (Å²) in [5, 5.41) is 0. The molecule has 1 aromatic rings. The molecular weight excluding hydrogens is 146 g/mol. The number of nitrogens with one attached hydrogen (secondary N) is 2. The Balaban J connectivity index is 3.32. The van der Waals surface area contributed by atoms with Crippen LogP contribution in [0.5, 0.6) is 0 Å². The lowest BCUT2D eigenvalue weighted by Crippen LogP contribution is -2.27. The molecule has 0 aliphatic rings. The number of hydrogen-bond donors (Lipinski definition) is 3. The van der Waals surface area contributed by atoms with Crippen LogP contribution in [0.25, 0.3) is 0 Å². The molecule has 1 aromatic heterocycles. The van der Waals surface area contributed by atoms with Crippen LogP contribution < -0.4 is 17.0 Å². The topological polar surface area (TPSA) is 91.7 Å². The number of nitrogens with two attached hydrogens (primary N) is 1. The Morgan fingerprint density at radius 1 is 1.55 bits per heavy atom. The number of aromatic nitrogens is 2. The van der Waals surface area contributed by atoms with Crippen LogP contribution in [0.1, 0.15) is 18.5 Å². The van der Waals surface area contributed by atoms with Crippen LogP contribution in [0.4, 0.5) is 0 Å². The highest BCUT2D eigenvalue weighted by Gasteiger charge is 2.03. The van der Waals surface area contributed by atoms with Crippen molar-refractivity contribution in [3.8, 4) is 0 Å². The molecule has 1 rings (SSSR count). The van der Waals surface area contributed by atoms with Crippen LogP contribution in [0.15, 0.2) is 15.8 Å². The molecule has 5 heteroatoms. The number of hydrogen-bond acceptors (Lipinski definition) is 3. The quantitative estimate of drug-likeness (QED) is 0.490. The average Bonchev–Trinajstić information content (AvgIpc) is 1.85. The lowest BCUT2D eigenvalue weighted by atomic mass is 10.2. The maximum absolute atomic E-state index is 10.9. The molecule has 0 saturated carbocycles. The van der Waals surface area contributed by atoms with E-state index in [2.05, 4.69) is 9.97 Å². The maximum Gasteiger partial charge on any atom is 0.325 e. The molecule has 1 unspecified atom stereocenters. The Morgan fingerprint density at radius 2 is 2.18 bits per heavy atom. The van der Waals surface area contributed by atoms with Crippen LogP contribution in [0.2, 0.25) is 0 Å². The highest BCUT2D eigenvalue weighted by molar-refractivity contribution is 5.07. The van der Waals surface area contributed by atoms with E-state index >= 15 is 0 Å². The second-order valence-electron chi connectivity index (χ2n) is 2.32. The van der Waals surface area contributed by atoms with Gasteiger partial charge in [0, 0.05) is 17.8 Å². The van der Waals surface area contributed by atoms with E-state index < -0.39 is 11.2 Å². The lowest BCUT2D eigenvalue weighted by molar-refractivity contribution is 0.782. The van der Waals surface area contributed by atoms with Gasteiger partial charge < -0.3 is 10.7 Å². The first-order valence-electron chi connectivity index (χ1n) is 3.18. The second-order valence-corrected chi connectivity index (χ2v) is 2.32. The molecule has 0 radical (unpaired) electrons. The first-order valence-corrected chi connectivity index (χ1v) is 3.18. The zero-order valence-electron chi connectivity index (χ0n) is 6.05. The van der Waals surface area contributed by atoms with Crippen molar-refractivity contribution in [3.05, 3.63) is 32.6 Å². The molecule has 0 bridgehead atoms. The molecule has 4 N–H and O–H groups in total. The van der Waals surface area contributed by atoms with E-state index in [1.807, 2.05) is 0 Å². The predicted octanol–water partition coefficient (Wildman–Crippen LogP) is -0.917. The molecule has 1 heterocycles. The summed E-state index contributed by atoms with van der Waals surface area (Å²) in [6.07, 6.45) is 1.33. The molecule has 5 nitrogen and oxygen atoms in total. The monoisotopic (exact) mass is 155 g/mol. The van der Waals surface area contributed by atoms with Crippen molar-refractivity contribution in [2.75, 3.05) is 0 Å². The van der Waals surface area contributed by atoms with E-state index in [1.165, 1.54) is 6.20 Å². The zero-order valence-corrected chi connectivity index (χ0v) is 6.05. The first-order chi connectivity index (χ1) is 5.11. The van der Waals surface area contributed by atoms with E-state index in [-0.39, 0.29) is 6.04 Å². The minimum absolute atomic E-state index is 0.365. The van der Waals surface area contributed by atoms with Gasteiger partial charge >= 0.3 is 5.69 Å². The largest absolute Gasteiger partial charge is 0.325 e. The Labute approximate surface area is 62.3 Å². The molecule has 0 saturated heterocycles. The van der Waals surface area contributed by atoms with Crippen molar-refractivity contribution in [2.45, 2.75) is 13.0 Å². The van der Waals surface area contributed by atoms with Crippen LogP contribution >= 0.6 is 0 Å². The molecule has 0 spiro atoms. The molecule has 0 aliphatic heterocycles. The van der Waals surface area contributed by atoms with Crippen LogP contribution in [0, 0.1) is 0 Å². The van der Waals surface area contributed by atoms with E-state index in [0.29, 0.717) is 5.56 Å². The van der Waals surface area contributed by atoms with Gasteiger partial charge in [-0.25, -0.2) is 4.79 Å². The highest BCUT2D eigenvalue weighted by Crippen LogP contribution is 1.97. The molecular formula is C6H9N3O2. The molecule has 11 heavy (non-hydrogen) atoms. The lowest BCUT2D eigenvalue weighted by Gasteiger charge is -2.00. The highest BCUT2D eigenvalue weighted by atomic mass is 16.2. The SMILES string of the molecule is CC(N)c1c[nH]c(=O)[nH]c1=O. The Bertz CT molecular complexity index is 349. The molecule has 60 valence electrons. The van der Waals surface area contributed by atoms with Gasteiger partial charge in [-0.05, 0) is 6.92 Å². The first kappa shape index (κ1) is 7.74. The third-order valence-electron chi connectivity index (χ3n) is 1.34. The minimum Gasteiger partial charge on any atom is -0.324 e. The smallest absolute Gasteiger partial charge is 0.324 e. The molecule has 0 aliphatic carbocycles.